The first-order valence-corrected chi connectivity index (χ1v) is 15.9. The highest BCUT2D eigenvalue weighted by atomic mass is 32.2. The summed E-state index contributed by atoms with van der Waals surface area (Å²) in [6.07, 6.45) is 2.94. The summed E-state index contributed by atoms with van der Waals surface area (Å²) in [4.78, 5) is 42.0. The van der Waals surface area contributed by atoms with Gasteiger partial charge >= 0.3 is 6.16 Å². The number of carbonyl (C=O) groups excluding carboxylic acids is 2. The van der Waals surface area contributed by atoms with Crippen molar-refractivity contribution in [2.24, 2.45) is 0 Å². The predicted molar refractivity (Wildman–Crippen MR) is 159 cm³/mol. The summed E-state index contributed by atoms with van der Waals surface area (Å²) in [6, 6.07) is 10.8. The van der Waals surface area contributed by atoms with Crippen molar-refractivity contribution in [3.63, 3.8) is 0 Å². The number of hydrogen-bond acceptors (Lipinski definition) is 9. The number of pyridine rings is 1. The van der Waals surface area contributed by atoms with Crippen LogP contribution in [0.5, 0.6) is 5.75 Å². The van der Waals surface area contributed by atoms with E-state index in [0.29, 0.717) is 12.0 Å². The van der Waals surface area contributed by atoms with Gasteiger partial charge in [-0.05, 0) is 42.5 Å². The zero-order valence-corrected chi connectivity index (χ0v) is 25.3. The molecule has 4 aliphatic rings. The molecule has 45 heavy (non-hydrogen) atoms. The normalized spacial score (nSPS) is 20.8. The predicted octanol–water partition coefficient (Wildman–Crippen LogP) is 5.09. The highest BCUT2D eigenvalue weighted by Gasteiger charge is 2.56. The van der Waals surface area contributed by atoms with Crippen molar-refractivity contribution in [1.29, 1.82) is 0 Å². The zero-order chi connectivity index (χ0) is 31.3. The number of halogens is 2. The van der Waals surface area contributed by atoms with Crippen LogP contribution in [0.2, 0.25) is 0 Å². The Kier molecular flexibility index (Phi) is 7.68. The minimum absolute atomic E-state index is 0.0714. The second kappa shape index (κ2) is 11.7. The van der Waals surface area contributed by atoms with E-state index >= 15 is 4.39 Å². The van der Waals surface area contributed by atoms with Crippen LogP contribution < -0.4 is 15.2 Å². The Hall–Kier alpha value is -4.10. The quantitative estimate of drug-likeness (QED) is 0.199. The third kappa shape index (κ3) is 5.21. The summed E-state index contributed by atoms with van der Waals surface area (Å²) in [5.41, 5.74) is 0.435. The minimum Gasteiger partial charge on any atom is -0.451 e. The Morgan fingerprint density at radius 1 is 1.09 bits per heavy atom. The number of thioether (sulfide) groups is 1. The van der Waals surface area contributed by atoms with Gasteiger partial charge in [0.05, 0.1) is 31.4 Å². The van der Waals surface area contributed by atoms with E-state index in [1.807, 2.05) is 36.2 Å². The molecule has 1 saturated heterocycles. The largest absolute Gasteiger partial charge is 0.511 e. The molecule has 13 heteroatoms. The number of morpholine rings is 1. The first-order chi connectivity index (χ1) is 21.8. The van der Waals surface area contributed by atoms with E-state index in [-0.39, 0.29) is 42.5 Å². The SMILES string of the molecule is CCCCOC(=O)OCOc1c2n(ccc1=O)N([C@@H]1c3ccccc3SCc3c1ccc(F)c3F)[C@@H]1COC3(CC3)CN1C2=O. The van der Waals surface area contributed by atoms with Crippen LogP contribution >= 0.6 is 11.8 Å². The molecule has 7 rings (SSSR count). The Labute approximate surface area is 261 Å². The average Bonchev–Trinajstić information content (AvgIpc) is 3.82. The molecule has 3 aliphatic heterocycles. The van der Waals surface area contributed by atoms with Crippen molar-refractivity contribution in [3.05, 3.63) is 92.9 Å². The highest BCUT2D eigenvalue weighted by molar-refractivity contribution is 7.98. The van der Waals surface area contributed by atoms with E-state index in [1.165, 1.54) is 28.7 Å². The van der Waals surface area contributed by atoms with Gasteiger partial charge in [-0.2, -0.15) is 0 Å². The van der Waals surface area contributed by atoms with Gasteiger partial charge in [0.1, 0.15) is 6.17 Å². The molecular formula is C32H31F2N3O7S. The van der Waals surface area contributed by atoms with Gasteiger partial charge in [-0.25, -0.2) is 13.6 Å². The molecule has 236 valence electrons. The van der Waals surface area contributed by atoms with Crippen LogP contribution in [-0.4, -0.2) is 60.0 Å². The number of hydrogen-bond donors (Lipinski definition) is 0. The van der Waals surface area contributed by atoms with Crippen LogP contribution in [0.4, 0.5) is 13.6 Å². The van der Waals surface area contributed by atoms with E-state index in [4.69, 9.17) is 18.9 Å². The molecule has 1 amide bonds. The maximum atomic E-state index is 15.4. The molecule has 0 unspecified atom stereocenters. The summed E-state index contributed by atoms with van der Waals surface area (Å²) in [5, 5.41) is 1.87. The van der Waals surface area contributed by atoms with Crippen LogP contribution in [0.15, 0.2) is 58.4 Å². The van der Waals surface area contributed by atoms with Gasteiger partial charge < -0.3 is 23.8 Å². The molecule has 4 heterocycles. The molecule has 1 spiro atoms. The second-order valence-corrected chi connectivity index (χ2v) is 12.5. The molecule has 2 fully saturated rings. The van der Waals surface area contributed by atoms with E-state index < -0.39 is 53.7 Å². The van der Waals surface area contributed by atoms with E-state index in [9.17, 15) is 18.8 Å². The fourth-order valence-corrected chi connectivity index (χ4v) is 7.33. The lowest BCUT2D eigenvalue weighted by Gasteiger charge is -2.53. The van der Waals surface area contributed by atoms with E-state index in [2.05, 4.69) is 0 Å². The van der Waals surface area contributed by atoms with Crippen LogP contribution in [0.3, 0.4) is 0 Å². The van der Waals surface area contributed by atoms with Crippen molar-refractivity contribution in [3.8, 4) is 5.75 Å². The van der Waals surface area contributed by atoms with E-state index in [1.54, 1.807) is 11.0 Å². The molecule has 1 aromatic heterocycles. The number of ether oxygens (including phenoxy) is 4. The molecule has 0 radical (unpaired) electrons. The Morgan fingerprint density at radius 3 is 2.71 bits per heavy atom. The maximum Gasteiger partial charge on any atom is 0.511 e. The summed E-state index contributed by atoms with van der Waals surface area (Å²) in [6.45, 7) is 1.92. The summed E-state index contributed by atoms with van der Waals surface area (Å²) in [5.74, 6) is -2.42. The molecular weight excluding hydrogens is 608 g/mol. The van der Waals surface area contributed by atoms with Gasteiger partial charge in [-0.15, -0.1) is 11.8 Å². The number of aromatic nitrogens is 1. The van der Waals surface area contributed by atoms with Gasteiger partial charge in [0.25, 0.3) is 5.91 Å². The maximum absolute atomic E-state index is 15.4. The molecule has 2 aromatic carbocycles. The topological polar surface area (TPSA) is 99.5 Å². The standard InChI is InChI=1S/C32H31F2N3O7S/c1-2-3-14-41-31(40)43-18-42-29-23(38)10-13-36-28(29)30(39)35-17-32(11-12-32)44-15-25(35)37(36)27-19-8-9-22(33)26(34)21(19)16-45-24-7-5-4-6-20(24)27/h4-10,13,25,27H,2-3,11-12,14-18H2,1H3/t25-,27+/m1/s1. The molecule has 1 aliphatic carbocycles. The van der Waals surface area contributed by atoms with Gasteiger partial charge in [0.2, 0.25) is 18.0 Å². The highest BCUT2D eigenvalue weighted by Crippen LogP contribution is 2.48. The van der Waals surface area contributed by atoms with Crippen LogP contribution in [0.25, 0.3) is 0 Å². The average molecular weight is 640 g/mol. The number of unbranched alkanes of at least 4 members (excludes halogenated alkanes) is 1. The first kappa shape index (κ1) is 29.6. The minimum atomic E-state index is -0.955. The van der Waals surface area contributed by atoms with Crippen molar-refractivity contribution >= 4 is 23.8 Å². The number of nitrogens with zero attached hydrogens (tertiary/aromatic N) is 3. The fourth-order valence-electron chi connectivity index (χ4n) is 6.21. The fraction of sp³-hybridized carbons (Fsp3) is 0.406. The summed E-state index contributed by atoms with van der Waals surface area (Å²) in [7, 11) is 0. The van der Waals surface area contributed by atoms with Crippen molar-refractivity contribution in [2.45, 2.75) is 61.1 Å². The van der Waals surface area contributed by atoms with Crippen molar-refractivity contribution in [2.75, 3.05) is 31.6 Å². The second-order valence-electron chi connectivity index (χ2n) is 11.5. The van der Waals surface area contributed by atoms with Crippen LogP contribution in [0.1, 0.15) is 65.8 Å². The first-order valence-electron chi connectivity index (χ1n) is 14.9. The number of carbonyl (C=O) groups is 2. The molecule has 2 atom stereocenters. The zero-order valence-electron chi connectivity index (χ0n) is 24.5. The van der Waals surface area contributed by atoms with Gasteiger partial charge in [-0.1, -0.05) is 37.6 Å². The molecule has 0 N–H and O–H groups in total. The van der Waals surface area contributed by atoms with Gasteiger partial charge in [0, 0.05) is 28.5 Å². The number of fused-ring (bicyclic) bond motifs is 4. The number of benzene rings is 2. The third-order valence-corrected chi connectivity index (χ3v) is 9.81. The molecule has 10 nitrogen and oxygen atoms in total. The number of amides is 1. The van der Waals surface area contributed by atoms with Crippen LogP contribution in [-0.2, 0) is 20.0 Å². The summed E-state index contributed by atoms with van der Waals surface area (Å²) >= 11 is 1.40. The van der Waals surface area contributed by atoms with Crippen molar-refractivity contribution < 1.29 is 37.3 Å². The van der Waals surface area contributed by atoms with Crippen molar-refractivity contribution in [1.82, 2.24) is 9.58 Å². The lowest BCUT2D eigenvalue weighted by atomic mass is 9.93. The van der Waals surface area contributed by atoms with Crippen LogP contribution in [0, 0.1) is 11.6 Å². The molecule has 0 bridgehead atoms. The third-order valence-electron chi connectivity index (χ3n) is 8.69. The van der Waals surface area contributed by atoms with Gasteiger partial charge in [-0.3, -0.25) is 19.3 Å². The smallest absolute Gasteiger partial charge is 0.451 e. The Balaban J connectivity index is 1.36. The number of rotatable bonds is 7. The lowest BCUT2D eigenvalue weighted by molar-refractivity contribution is -0.0792. The Morgan fingerprint density at radius 2 is 1.91 bits per heavy atom. The monoisotopic (exact) mass is 639 g/mol. The lowest BCUT2D eigenvalue weighted by Crippen LogP contribution is -2.68. The Bertz CT molecular complexity index is 1730. The molecule has 1 saturated carbocycles. The van der Waals surface area contributed by atoms with Gasteiger partial charge in [0.15, 0.2) is 17.3 Å². The van der Waals surface area contributed by atoms with E-state index in [0.717, 1.165) is 35.8 Å². The summed E-state index contributed by atoms with van der Waals surface area (Å²) < 4.78 is 53.6. The molecule has 3 aromatic rings.